The zero-order valence-electron chi connectivity index (χ0n) is 11.9. The molecule has 112 valence electrons. The number of nitro groups is 1. The largest absolute Gasteiger partial charge is 0.385 e. The predicted molar refractivity (Wildman–Crippen MR) is 83.1 cm³/mol. The molecule has 1 heterocycles. The van der Waals surface area contributed by atoms with Crippen LogP contribution in [0.4, 0.5) is 11.4 Å². The zero-order valence-corrected chi connectivity index (χ0v) is 12.7. The summed E-state index contributed by atoms with van der Waals surface area (Å²) in [5.41, 5.74) is 1.63. The molecular weight excluding hydrogens is 290 g/mol. The van der Waals surface area contributed by atoms with Gasteiger partial charge in [0.1, 0.15) is 5.82 Å². The van der Waals surface area contributed by atoms with Crippen molar-refractivity contribution >= 4 is 23.6 Å². The number of anilines is 1. The Morgan fingerprint density at radius 2 is 2.29 bits per heavy atom. The summed E-state index contributed by atoms with van der Waals surface area (Å²) < 4.78 is 2.57. The number of aryl methyl sites for hydroxylation is 1. The number of hydrogen-bond acceptors (Lipinski definition) is 5. The van der Waals surface area contributed by atoms with E-state index in [1.807, 2.05) is 11.5 Å². The van der Waals surface area contributed by atoms with Crippen LogP contribution in [0.15, 0.2) is 18.2 Å². The maximum atomic E-state index is 10.8. The lowest BCUT2D eigenvalue weighted by molar-refractivity contribution is -0.385. The number of rotatable bonds is 6. The Balaban J connectivity index is 1.99. The van der Waals surface area contributed by atoms with Crippen LogP contribution in [0.5, 0.6) is 0 Å². The van der Waals surface area contributed by atoms with Crippen LogP contribution in [-0.2, 0) is 13.0 Å². The molecule has 0 saturated heterocycles. The smallest absolute Gasteiger partial charge is 0.272 e. The predicted octanol–water partition coefficient (Wildman–Crippen LogP) is 2.83. The lowest BCUT2D eigenvalue weighted by Gasteiger charge is -2.08. The van der Waals surface area contributed by atoms with Crippen molar-refractivity contribution in [2.24, 2.45) is 0 Å². The van der Waals surface area contributed by atoms with E-state index in [9.17, 15) is 10.1 Å². The highest BCUT2D eigenvalue weighted by Crippen LogP contribution is 2.21. The van der Waals surface area contributed by atoms with Crippen LogP contribution >= 0.6 is 12.2 Å². The standard InChI is InChI=1S/C13H17N5O2S/c1-3-17-12(15-16-13(17)21)6-7-14-10-4-5-11(18(19)20)9(2)8-10/h4-5,8,14H,3,6-7H2,1-2H3,(H,16,21). The van der Waals surface area contributed by atoms with Gasteiger partial charge in [-0.3, -0.25) is 15.2 Å². The van der Waals surface area contributed by atoms with Crippen LogP contribution in [0.25, 0.3) is 0 Å². The van der Waals surface area contributed by atoms with Crippen LogP contribution in [0, 0.1) is 21.8 Å². The number of benzene rings is 1. The molecule has 1 aromatic carbocycles. The first kappa shape index (κ1) is 15.2. The lowest BCUT2D eigenvalue weighted by Crippen LogP contribution is -2.10. The van der Waals surface area contributed by atoms with Gasteiger partial charge in [0.05, 0.1) is 4.92 Å². The van der Waals surface area contributed by atoms with E-state index in [-0.39, 0.29) is 10.6 Å². The molecule has 0 aliphatic rings. The number of H-pyrrole nitrogens is 1. The van der Waals surface area contributed by atoms with E-state index in [2.05, 4.69) is 15.5 Å². The van der Waals surface area contributed by atoms with Crippen LogP contribution in [0.2, 0.25) is 0 Å². The van der Waals surface area contributed by atoms with E-state index >= 15 is 0 Å². The van der Waals surface area contributed by atoms with Gasteiger partial charge in [-0.2, -0.15) is 5.10 Å². The summed E-state index contributed by atoms with van der Waals surface area (Å²) in [7, 11) is 0. The molecule has 0 saturated carbocycles. The van der Waals surface area contributed by atoms with E-state index in [0.29, 0.717) is 16.9 Å². The Labute approximate surface area is 127 Å². The van der Waals surface area contributed by atoms with E-state index in [0.717, 1.165) is 24.5 Å². The number of aromatic nitrogens is 3. The normalized spacial score (nSPS) is 10.6. The van der Waals surface area contributed by atoms with E-state index in [1.165, 1.54) is 6.07 Å². The minimum atomic E-state index is -0.377. The fourth-order valence-electron chi connectivity index (χ4n) is 2.16. The third-order valence-corrected chi connectivity index (χ3v) is 3.54. The summed E-state index contributed by atoms with van der Waals surface area (Å²) in [6.45, 7) is 5.20. The van der Waals surface area contributed by atoms with Crippen LogP contribution in [0.1, 0.15) is 18.3 Å². The van der Waals surface area contributed by atoms with Gasteiger partial charge in [-0.05, 0) is 38.2 Å². The van der Waals surface area contributed by atoms with E-state index in [4.69, 9.17) is 12.2 Å². The molecule has 2 aromatic rings. The number of hydrogen-bond donors (Lipinski definition) is 2. The molecule has 0 bridgehead atoms. The van der Waals surface area contributed by atoms with Gasteiger partial charge in [-0.25, -0.2) is 0 Å². The van der Waals surface area contributed by atoms with Crippen molar-refractivity contribution in [1.82, 2.24) is 14.8 Å². The highest BCUT2D eigenvalue weighted by Gasteiger charge is 2.10. The summed E-state index contributed by atoms with van der Waals surface area (Å²) >= 11 is 5.13. The Morgan fingerprint density at radius 3 is 2.90 bits per heavy atom. The molecular formula is C13H17N5O2S. The maximum absolute atomic E-state index is 10.8. The first-order chi connectivity index (χ1) is 10.0. The van der Waals surface area contributed by atoms with Crippen LogP contribution < -0.4 is 5.32 Å². The molecule has 0 spiro atoms. The molecule has 0 amide bonds. The molecule has 0 atom stereocenters. The van der Waals surface area contributed by atoms with E-state index < -0.39 is 0 Å². The second-order valence-corrected chi connectivity index (χ2v) is 5.01. The van der Waals surface area contributed by atoms with Gasteiger partial charge in [0.15, 0.2) is 4.77 Å². The molecule has 21 heavy (non-hydrogen) atoms. The average Bonchev–Trinajstić information content (AvgIpc) is 2.79. The molecule has 7 nitrogen and oxygen atoms in total. The van der Waals surface area contributed by atoms with Crippen LogP contribution in [0.3, 0.4) is 0 Å². The molecule has 0 radical (unpaired) electrons. The number of aromatic amines is 1. The first-order valence-corrected chi connectivity index (χ1v) is 7.06. The van der Waals surface area contributed by atoms with Crippen molar-refractivity contribution in [2.75, 3.05) is 11.9 Å². The van der Waals surface area contributed by atoms with Crippen molar-refractivity contribution < 1.29 is 4.92 Å². The molecule has 2 rings (SSSR count). The first-order valence-electron chi connectivity index (χ1n) is 6.66. The van der Waals surface area contributed by atoms with Gasteiger partial charge < -0.3 is 9.88 Å². The molecule has 0 aliphatic carbocycles. The van der Waals surface area contributed by atoms with Gasteiger partial charge in [0.25, 0.3) is 5.69 Å². The lowest BCUT2D eigenvalue weighted by atomic mass is 10.2. The molecule has 0 unspecified atom stereocenters. The second kappa shape index (κ2) is 6.49. The summed E-state index contributed by atoms with van der Waals surface area (Å²) in [5.74, 6) is 0.897. The number of nitrogens with zero attached hydrogens (tertiary/aromatic N) is 3. The third-order valence-electron chi connectivity index (χ3n) is 3.22. The Bertz CT molecular complexity index is 707. The Morgan fingerprint density at radius 1 is 1.52 bits per heavy atom. The summed E-state index contributed by atoms with van der Waals surface area (Å²) in [6, 6.07) is 5.00. The summed E-state index contributed by atoms with van der Waals surface area (Å²) in [4.78, 5) is 10.4. The quantitative estimate of drug-likeness (QED) is 0.486. The SMILES string of the molecule is CCn1c(CCNc2ccc([N+](=O)[O-])c(C)c2)n[nH]c1=S. The van der Waals surface area contributed by atoms with Crippen LogP contribution in [-0.4, -0.2) is 26.2 Å². The Hall–Kier alpha value is -2.22. The monoisotopic (exact) mass is 307 g/mol. The van der Waals surface area contributed by atoms with Crippen molar-refractivity contribution in [3.8, 4) is 0 Å². The average molecular weight is 307 g/mol. The maximum Gasteiger partial charge on any atom is 0.272 e. The molecule has 1 aromatic heterocycles. The minimum Gasteiger partial charge on any atom is -0.385 e. The molecule has 2 N–H and O–H groups in total. The van der Waals surface area contributed by atoms with Gasteiger partial charge in [0.2, 0.25) is 0 Å². The molecule has 0 fully saturated rings. The summed E-state index contributed by atoms with van der Waals surface area (Å²) in [6.07, 6.45) is 0.719. The van der Waals surface area contributed by atoms with Crippen molar-refractivity contribution in [3.63, 3.8) is 0 Å². The third kappa shape index (κ3) is 3.46. The van der Waals surface area contributed by atoms with Crippen molar-refractivity contribution in [1.29, 1.82) is 0 Å². The zero-order chi connectivity index (χ0) is 15.4. The minimum absolute atomic E-state index is 0.132. The Kier molecular flexibility index (Phi) is 4.69. The molecule has 0 aliphatic heterocycles. The van der Waals surface area contributed by atoms with Gasteiger partial charge in [0, 0.05) is 36.8 Å². The second-order valence-electron chi connectivity index (χ2n) is 4.62. The van der Waals surface area contributed by atoms with Crippen molar-refractivity contribution in [3.05, 3.63) is 44.5 Å². The van der Waals surface area contributed by atoms with Gasteiger partial charge >= 0.3 is 0 Å². The van der Waals surface area contributed by atoms with E-state index in [1.54, 1.807) is 19.1 Å². The topological polar surface area (TPSA) is 88.8 Å². The highest BCUT2D eigenvalue weighted by atomic mass is 32.1. The summed E-state index contributed by atoms with van der Waals surface area (Å²) in [5, 5.41) is 21.0. The fourth-order valence-corrected chi connectivity index (χ4v) is 2.44. The van der Waals surface area contributed by atoms with Gasteiger partial charge in [-0.15, -0.1) is 0 Å². The van der Waals surface area contributed by atoms with Crippen molar-refractivity contribution in [2.45, 2.75) is 26.8 Å². The number of nitrogens with one attached hydrogen (secondary N) is 2. The number of nitro benzene ring substituents is 1. The molecule has 8 heteroatoms. The highest BCUT2D eigenvalue weighted by molar-refractivity contribution is 7.71. The van der Waals surface area contributed by atoms with Gasteiger partial charge in [-0.1, -0.05) is 0 Å². The fraction of sp³-hybridized carbons (Fsp3) is 0.385.